The summed E-state index contributed by atoms with van der Waals surface area (Å²) in [6.45, 7) is 1.87. The van der Waals surface area contributed by atoms with Crippen LogP contribution in [0.3, 0.4) is 0 Å². The second-order valence-electron chi connectivity index (χ2n) is 2.93. The Balaban J connectivity index is 2.38. The molecule has 0 N–H and O–H groups in total. The van der Waals surface area contributed by atoms with Crippen LogP contribution in [-0.2, 0) is 7.05 Å². The molecule has 0 unspecified atom stereocenters. The molecule has 5 heteroatoms. The molecule has 2 rings (SSSR count). The van der Waals surface area contributed by atoms with Crippen molar-refractivity contribution in [3.8, 4) is 0 Å². The number of carbonyl (C=O) groups is 1. The number of hydrogen-bond donors (Lipinski definition) is 0. The van der Waals surface area contributed by atoms with Gasteiger partial charge in [0.25, 0.3) is 0 Å². The second-order valence-corrected chi connectivity index (χ2v) is 4.17. The third-order valence-electron chi connectivity index (χ3n) is 1.87. The third-order valence-corrected chi connectivity index (χ3v) is 2.78. The summed E-state index contributed by atoms with van der Waals surface area (Å²) in [5.74, 6) is 0.386. The Kier molecular flexibility index (Phi) is 2.17. The van der Waals surface area contributed by atoms with E-state index >= 15 is 0 Å². The highest BCUT2D eigenvalue weighted by Crippen LogP contribution is 2.15. The minimum Gasteiger partial charge on any atom is -0.331 e. The fourth-order valence-electron chi connectivity index (χ4n) is 1.16. The Morgan fingerprint density at radius 3 is 2.79 bits per heavy atom. The number of carbonyl (C=O) groups excluding carboxylic acids is 1. The number of rotatable bonds is 2. The quantitative estimate of drug-likeness (QED) is 0.700. The monoisotopic (exact) mass is 207 g/mol. The van der Waals surface area contributed by atoms with E-state index < -0.39 is 0 Å². The van der Waals surface area contributed by atoms with Gasteiger partial charge in [0.15, 0.2) is 5.82 Å². The smallest absolute Gasteiger partial charge is 0.239 e. The van der Waals surface area contributed by atoms with E-state index in [0.29, 0.717) is 10.7 Å². The summed E-state index contributed by atoms with van der Waals surface area (Å²) in [6, 6.07) is 0. The van der Waals surface area contributed by atoms with Crippen molar-refractivity contribution < 1.29 is 4.79 Å². The van der Waals surface area contributed by atoms with Gasteiger partial charge in [-0.2, -0.15) is 0 Å². The number of ketones is 1. The van der Waals surface area contributed by atoms with E-state index in [2.05, 4.69) is 9.97 Å². The van der Waals surface area contributed by atoms with Crippen LogP contribution in [0.1, 0.15) is 20.5 Å². The average molecular weight is 207 g/mol. The maximum absolute atomic E-state index is 11.8. The number of hydrogen-bond acceptors (Lipinski definition) is 4. The zero-order valence-electron chi connectivity index (χ0n) is 7.89. The molecule has 0 saturated heterocycles. The molecule has 0 radical (unpaired) electrons. The minimum atomic E-state index is -0.0666. The number of imidazole rings is 1. The summed E-state index contributed by atoms with van der Waals surface area (Å²) in [7, 11) is 1.80. The van der Waals surface area contributed by atoms with Gasteiger partial charge >= 0.3 is 0 Å². The lowest BCUT2D eigenvalue weighted by molar-refractivity contribution is 0.103. The number of aromatic nitrogens is 3. The first-order valence-electron chi connectivity index (χ1n) is 4.13. The standard InChI is InChI=1S/C9H9N3OS/c1-6-11-5-7(14-6)8(13)9-10-3-4-12(9)2/h3-5H,1-2H3. The summed E-state index contributed by atoms with van der Waals surface area (Å²) in [5, 5.41) is 0.891. The predicted molar refractivity (Wildman–Crippen MR) is 53.5 cm³/mol. The van der Waals surface area contributed by atoms with E-state index in [1.54, 1.807) is 30.2 Å². The Hall–Kier alpha value is -1.49. The normalized spacial score (nSPS) is 10.4. The average Bonchev–Trinajstić information content (AvgIpc) is 2.73. The molecule has 0 fully saturated rings. The van der Waals surface area contributed by atoms with E-state index in [9.17, 15) is 4.79 Å². The van der Waals surface area contributed by atoms with Crippen LogP contribution >= 0.6 is 11.3 Å². The summed E-state index contributed by atoms with van der Waals surface area (Å²) in [5.41, 5.74) is 0. The van der Waals surface area contributed by atoms with Gasteiger partial charge < -0.3 is 4.57 Å². The predicted octanol–water partition coefficient (Wildman–Crippen LogP) is 1.42. The van der Waals surface area contributed by atoms with E-state index in [0.717, 1.165) is 5.01 Å². The van der Waals surface area contributed by atoms with Crippen LogP contribution in [-0.4, -0.2) is 20.3 Å². The van der Waals surface area contributed by atoms with Crippen LogP contribution in [0.25, 0.3) is 0 Å². The maximum atomic E-state index is 11.8. The molecular weight excluding hydrogens is 198 g/mol. The van der Waals surface area contributed by atoms with Gasteiger partial charge in [-0.15, -0.1) is 11.3 Å². The number of aryl methyl sites for hydroxylation is 2. The molecule has 0 bridgehead atoms. The highest BCUT2D eigenvalue weighted by molar-refractivity contribution is 7.13. The molecule has 0 aromatic carbocycles. The SMILES string of the molecule is Cc1ncc(C(=O)c2nccn2C)s1. The molecule has 2 heterocycles. The van der Waals surface area contributed by atoms with E-state index in [1.165, 1.54) is 11.3 Å². The Morgan fingerprint density at radius 1 is 1.50 bits per heavy atom. The van der Waals surface area contributed by atoms with E-state index in [1.807, 2.05) is 6.92 Å². The first-order valence-corrected chi connectivity index (χ1v) is 4.94. The Bertz CT molecular complexity index is 472. The number of thiazole rings is 1. The first kappa shape index (κ1) is 9.08. The second kappa shape index (κ2) is 3.34. The molecule has 0 aliphatic heterocycles. The van der Waals surface area contributed by atoms with Crippen LogP contribution in [0.2, 0.25) is 0 Å². The molecule has 4 nitrogen and oxygen atoms in total. The van der Waals surface area contributed by atoms with Crippen molar-refractivity contribution >= 4 is 17.1 Å². The van der Waals surface area contributed by atoms with Gasteiger partial charge in [-0.1, -0.05) is 0 Å². The van der Waals surface area contributed by atoms with Gasteiger partial charge in [0.2, 0.25) is 5.78 Å². The molecule has 14 heavy (non-hydrogen) atoms. The summed E-state index contributed by atoms with van der Waals surface area (Å²) < 4.78 is 1.71. The molecule has 0 saturated carbocycles. The van der Waals surface area contributed by atoms with Gasteiger partial charge in [0.1, 0.15) is 0 Å². The molecule has 0 atom stereocenters. The minimum absolute atomic E-state index is 0.0666. The Morgan fingerprint density at radius 2 is 2.29 bits per heavy atom. The highest BCUT2D eigenvalue weighted by Gasteiger charge is 2.15. The molecule has 0 aliphatic rings. The zero-order valence-corrected chi connectivity index (χ0v) is 8.71. The van der Waals surface area contributed by atoms with Crippen LogP contribution in [0.15, 0.2) is 18.6 Å². The van der Waals surface area contributed by atoms with Crippen molar-refractivity contribution in [2.24, 2.45) is 7.05 Å². The van der Waals surface area contributed by atoms with Crippen molar-refractivity contribution in [1.29, 1.82) is 0 Å². The van der Waals surface area contributed by atoms with Crippen molar-refractivity contribution in [2.75, 3.05) is 0 Å². The number of nitrogens with zero attached hydrogens (tertiary/aromatic N) is 3. The molecule has 0 aliphatic carbocycles. The summed E-state index contributed by atoms with van der Waals surface area (Å²) in [4.78, 5) is 20.5. The molecule has 0 spiro atoms. The lowest BCUT2D eigenvalue weighted by atomic mass is 10.3. The van der Waals surface area contributed by atoms with Crippen molar-refractivity contribution in [3.05, 3.63) is 34.3 Å². The first-order chi connectivity index (χ1) is 6.68. The van der Waals surface area contributed by atoms with Crippen LogP contribution in [0.4, 0.5) is 0 Å². The van der Waals surface area contributed by atoms with Crippen molar-refractivity contribution in [2.45, 2.75) is 6.92 Å². The third kappa shape index (κ3) is 1.46. The molecule has 2 aromatic heterocycles. The van der Waals surface area contributed by atoms with Crippen LogP contribution in [0, 0.1) is 6.92 Å². The lowest BCUT2D eigenvalue weighted by Crippen LogP contribution is -2.06. The fraction of sp³-hybridized carbons (Fsp3) is 0.222. The lowest BCUT2D eigenvalue weighted by Gasteiger charge is -1.96. The van der Waals surface area contributed by atoms with E-state index in [4.69, 9.17) is 0 Å². The molecule has 72 valence electrons. The van der Waals surface area contributed by atoms with Gasteiger partial charge in [0, 0.05) is 25.6 Å². The van der Waals surface area contributed by atoms with E-state index in [-0.39, 0.29) is 5.78 Å². The molecule has 0 amide bonds. The molecule has 2 aromatic rings. The van der Waals surface area contributed by atoms with Gasteiger partial charge in [-0.3, -0.25) is 4.79 Å². The van der Waals surface area contributed by atoms with Crippen LogP contribution < -0.4 is 0 Å². The topological polar surface area (TPSA) is 47.8 Å². The zero-order chi connectivity index (χ0) is 10.1. The van der Waals surface area contributed by atoms with Crippen LogP contribution in [0.5, 0.6) is 0 Å². The summed E-state index contributed by atoms with van der Waals surface area (Å²) >= 11 is 1.39. The fourth-order valence-corrected chi connectivity index (χ4v) is 1.87. The maximum Gasteiger partial charge on any atom is 0.239 e. The largest absolute Gasteiger partial charge is 0.331 e. The molecular formula is C9H9N3OS. The Labute approximate surface area is 85.2 Å². The highest BCUT2D eigenvalue weighted by atomic mass is 32.1. The van der Waals surface area contributed by atoms with Crippen molar-refractivity contribution in [3.63, 3.8) is 0 Å². The summed E-state index contributed by atoms with van der Waals surface area (Å²) in [6.07, 6.45) is 4.96. The van der Waals surface area contributed by atoms with Gasteiger partial charge in [-0.05, 0) is 6.92 Å². The van der Waals surface area contributed by atoms with Gasteiger partial charge in [0.05, 0.1) is 9.88 Å². The van der Waals surface area contributed by atoms with Gasteiger partial charge in [-0.25, -0.2) is 9.97 Å². The van der Waals surface area contributed by atoms with Crippen molar-refractivity contribution in [1.82, 2.24) is 14.5 Å².